The van der Waals surface area contributed by atoms with E-state index in [-0.39, 0.29) is 0 Å². The molecule has 19 heavy (non-hydrogen) atoms. The average Bonchev–Trinajstić information content (AvgIpc) is 2.47. The minimum Gasteiger partial charge on any atom is -0.295 e. The van der Waals surface area contributed by atoms with Crippen LogP contribution in [-0.2, 0) is 6.54 Å². The lowest BCUT2D eigenvalue weighted by molar-refractivity contribution is 0.253. The van der Waals surface area contributed by atoms with Crippen molar-refractivity contribution in [3.63, 3.8) is 0 Å². The summed E-state index contributed by atoms with van der Waals surface area (Å²) >= 11 is 0. The zero-order valence-corrected chi connectivity index (χ0v) is 11.4. The highest BCUT2D eigenvalue weighted by atomic mass is 15.1. The third-order valence-electron chi connectivity index (χ3n) is 3.43. The second-order valence-electron chi connectivity index (χ2n) is 4.81. The fourth-order valence-corrected chi connectivity index (χ4v) is 2.15. The largest absolute Gasteiger partial charge is 0.295 e. The molecule has 0 aliphatic carbocycles. The van der Waals surface area contributed by atoms with Crippen LogP contribution in [0.15, 0.2) is 54.6 Å². The van der Waals surface area contributed by atoms with Crippen LogP contribution >= 0.6 is 0 Å². The molecule has 0 aliphatic heterocycles. The smallest absolute Gasteiger partial charge is 0.0991 e. The Kier molecular flexibility index (Phi) is 4.33. The topological polar surface area (TPSA) is 27.0 Å². The van der Waals surface area contributed by atoms with Gasteiger partial charge in [-0.05, 0) is 37.2 Å². The SMILES string of the molecule is CC(c1ccccc1)N(C)Cc1cccc(C#N)c1. The summed E-state index contributed by atoms with van der Waals surface area (Å²) in [5.41, 5.74) is 3.20. The van der Waals surface area contributed by atoms with Crippen molar-refractivity contribution in [3.05, 3.63) is 71.3 Å². The predicted octanol–water partition coefficient (Wildman–Crippen LogP) is 3.75. The van der Waals surface area contributed by atoms with Crippen LogP contribution in [0, 0.1) is 11.3 Å². The van der Waals surface area contributed by atoms with Gasteiger partial charge in [-0.25, -0.2) is 0 Å². The van der Waals surface area contributed by atoms with Crippen LogP contribution in [-0.4, -0.2) is 11.9 Å². The first-order valence-electron chi connectivity index (χ1n) is 6.45. The quantitative estimate of drug-likeness (QED) is 0.826. The maximum absolute atomic E-state index is 8.92. The van der Waals surface area contributed by atoms with Gasteiger partial charge in [0.05, 0.1) is 11.6 Å². The molecule has 0 aromatic heterocycles. The molecule has 2 aromatic carbocycles. The Morgan fingerprint density at radius 1 is 1.11 bits per heavy atom. The zero-order valence-electron chi connectivity index (χ0n) is 11.4. The van der Waals surface area contributed by atoms with Crippen LogP contribution in [0.4, 0.5) is 0 Å². The van der Waals surface area contributed by atoms with Crippen molar-refractivity contribution in [1.29, 1.82) is 5.26 Å². The van der Waals surface area contributed by atoms with E-state index in [0.717, 1.165) is 12.1 Å². The molecule has 0 fully saturated rings. The van der Waals surface area contributed by atoms with Gasteiger partial charge >= 0.3 is 0 Å². The minimum atomic E-state index is 0.354. The van der Waals surface area contributed by atoms with E-state index in [9.17, 15) is 0 Å². The number of hydrogen-bond acceptors (Lipinski definition) is 2. The molecule has 0 spiro atoms. The average molecular weight is 250 g/mol. The van der Waals surface area contributed by atoms with E-state index < -0.39 is 0 Å². The number of hydrogen-bond donors (Lipinski definition) is 0. The second kappa shape index (κ2) is 6.17. The highest BCUT2D eigenvalue weighted by Crippen LogP contribution is 2.20. The summed E-state index contributed by atoms with van der Waals surface area (Å²) in [6.45, 7) is 3.04. The molecular weight excluding hydrogens is 232 g/mol. The first-order valence-corrected chi connectivity index (χ1v) is 6.45. The molecule has 2 aromatic rings. The third kappa shape index (κ3) is 3.43. The Morgan fingerprint density at radius 2 is 1.84 bits per heavy atom. The van der Waals surface area contributed by atoms with E-state index in [2.05, 4.69) is 55.3 Å². The van der Waals surface area contributed by atoms with E-state index >= 15 is 0 Å². The van der Waals surface area contributed by atoms with Gasteiger partial charge in [-0.15, -0.1) is 0 Å². The van der Waals surface area contributed by atoms with Crippen molar-refractivity contribution in [3.8, 4) is 6.07 Å². The summed E-state index contributed by atoms with van der Waals surface area (Å²) in [5.74, 6) is 0. The molecule has 2 nitrogen and oxygen atoms in total. The Labute approximate surface area is 114 Å². The minimum absolute atomic E-state index is 0.354. The van der Waals surface area contributed by atoms with Crippen molar-refractivity contribution in [1.82, 2.24) is 4.90 Å². The molecule has 2 heteroatoms. The fraction of sp³-hybridized carbons (Fsp3) is 0.235. The van der Waals surface area contributed by atoms with Gasteiger partial charge in [0.15, 0.2) is 0 Å². The molecule has 1 unspecified atom stereocenters. The summed E-state index contributed by atoms with van der Waals surface area (Å²) in [4.78, 5) is 2.28. The molecule has 0 radical (unpaired) electrons. The van der Waals surface area contributed by atoms with Gasteiger partial charge in [-0.1, -0.05) is 42.5 Å². The maximum atomic E-state index is 8.92. The molecule has 0 heterocycles. The van der Waals surface area contributed by atoms with Gasteiger partial charge in [0.2, 0.25) is 0 Å². The Morgan fingerprint density at radius 3 is 2.53 bits per heavy atom. The van der Waals surface area contributed by atoms with Crippen molar-refractivity contribution < 1.29 is 0 Å². The monoisotopic (exact) mass is 250 g/mol. The van der Waals surface area contributed by atoms with Crippen LogP contribution in [0.5, 0.6) is 0 Å². The molecule has 1 atom stereocenters. The lowest BCUT2D eigenvalue weighted by Gasteiger charge is -2.25. The summed E-state index contributed by atoms with van der Waals surface area (Å²) in [5, 5.41) is 8.92. The van der Waals surface area contributed by atoms with Gasteiger partial charge in [0.1, 0.15) is 0 Å². The number of nitriles is 1. The normalized spacial score (nSPS) is 12.1. The fourth-order valence-electron chi connectivity index (χ4n) is 2.15. The highest BCUT2D eigenvalue weighted by Gasteiger charge is 2.11. The van der Waals surface area contributed by atoms with E-state index in [1.54, 1.807) is 0 Å². The lowest BCUT2D eigenvalue weighted by atomic mass is 10.1. The standard InChI is InChI=1S/C17H18N2/c1-14(17-9-4-3-5-10-17)19(2)13-16-8-6-7-15(11-16)12-18/h3-11,14H,13H2,1-2H3. The van der Waals surface area contributed by atoms with Gasteiger partial charge in [0, 0.05) is 12.6 Å². The Hall–Kier alpha value is -2.11. The molecule has 2 rings (SSSR count). The number of benzene rings is 2. The second-order valence-corrected chi connectivity index (χ2v) is 4.81. The van der Waals surface area contributed by atoms with Crippen LogP contribution in [0.2, 0.25) is 0 Å². The molecule has 0 N–H and O–H groups in total. The van der Waals surface area contributed by atoms with Gasteiger partial charge in [0.25, 0.3) is 0 Å². The van der Waals surface area contributed by atoms with Crippen molar-refractivity contribution in [2.45, 2.75) is 19.5 Å². The van der Waals surface area contributed by atoms with Crippen LogP contribution in [0.3, 0.4) is 0 Å². The van der Waals surface area contributed by atoms with E-state index in [1.165, 1.54) is 11.1 Å². The zero-order chi connectivity index (χ0) is 13.7. The molecule has 0 aliphatic rings. The van der Waals surface area contributed by atoms with E-state index in [1.807, 2.05) is 24.3 Å². The molecular formula is C17H18N2. The summed E-state index contributed by atoms with van der Waals surface area (Å²) in [6.07, 6.45) is 0. The highest BCUT2D eigenvalue weighted by molar-refractivity contribution is 5.32. The van der Waals surface area contributed by atoms with Crippen LogP contribution in [0.25, 0.3) is 0 Å². The first kappa shape index (κ1) is 13.3. The molecule has 0 saturated carbocycles. The van der Waals surface area contributed by atoms with Crippen molar-refractivity contribution in [2.24, 2.45) is 0 Å². The maximum Gasteiger partial charge on any atom is 0.0991 e. The number of nitrogens with zero attached hydrogens (tertiary/aromatic N) is 2. The van der Waals surface area contributed by atoms with Crippen LogP contribution < -0.4 is 0 Å². The van der Waals surface area contributed by atoms with Gasteiger partial charge in [-0.2, -0.15) is 5.26 Å². The number of rotatable bonds is 4. The summed E-state index contributed by atoms with van der Waals surface area (Å²) in [7, 11) is 2.11. The lowest BCUT2D eigenvalue weighted by Crippen LogP contribution is -2.21. The Bertz CT molecular complexity index is 569. The molecule has 0 amide bonds. The van der Waals surface area contributed by atoms with Crippen LogP contribution in [0.1, 0.15) is 29.7 Å². The molecule has 0 saturated heterocycles. The predicted molar refractivity (Wildman–Crippen MR) is 77.5 cm³/mol. The first-order chi connectivity index (χ1) is 9.20. The van der Waals surface area contributed by atoms with E-state index in [4.69, 9.17) is 5.26 Å². The molecule has 0 bridgehead atoms. The Balaban J connectivity index is 2.08. The van der Waals surface area contributed by atoms with Crippen molar-refractivity contribution in [2.75, 3.05) is 7.05 Å². The summed E-state index contributed by atoms with van der Waals surface area (Å²) in [6, 6.07) is 20.8. The van der Waals surface area contributed by atoms with Gasteiger partial charge < -0.3 is 0 Å². The van der Waals surface area contributed by atoms with E-state index in [0.29, 0.717) is 6.04 Å². The van der Waals surface area contributed by atoms with Gasteiger partial charge in [-0.3, -0.25) is 4.90 Å². The molecule has 96 valence electrons. The van der Waals surface area contributed by atoms with Crippen molar-refractivity contribution >= 4 is 0 Å². The summed E-state index contributed by atoms with van der Waals surface area (Å²) < 4.78 is 0. The third-order valence-corrected chi connectivity index (χ3v) is 3.43.